The number of hydrogen-bond donors (Lipinski definition) is 2. The van der Waals surface area contributed by atoms with Crippen LogP contribution in [0.1, 0.15) is 44.3 Å². The predicted octanol–water partition coefficient (Wildman–Crippen LogP) is 2.48. The van der Waals surface area contributed by atoms with Crippen LogP contribution in [0.25, 0.3) is 0 Å². The van der Waals surface area contributed by atoms with Gasteiger partial charge in [0.05, 0.1) is 18.2 Å². The van der Waals surface area contributed by atoms with Gasteiger partial charge in [0.25, 0.3) is 0 Å². The van der Waals surface area contributed by atoms with E-state index < -0.39 is 6.10 Å². The number of hydrogen-bond acceptors (Lipinski definition) is 3. The molecule has 3 nitrogen and oxygen atoms in total. The molecule has 2 rings (SSSR count). The summed E-state index contributed by atoms with van der Waals surface area (Å²) in [5.74, 6) is 0. The van der Waals surface area contributed by atoms with Crippen LogP contribution in [0.4, 0.5) is 5.69 Å². The van der Waals surface area contributed by atoms with E-state index in [0.29, 0.717) is 0 Å². The van der Waals surface area contributed by atoms with Gasteiger partial charge in [-0.05, 0) is 37.5 Å². The minimum Gasteiger partial charge on any atom is -0.391 e. The zero-order chi connectivity index (χ0) is 13.1. The SMILES string of the molecule is CC(O)c1ccc(N(C)C2CCCCC2O)cc1. The molecule has 1 saturated carbocycles. The Morgan fingerprint density at radius 1 is 1.17 bits per heavy atom. The molecule has 0 amide bonds. The Hall–Kier alpha value is -1.06. The summed E-state index contributed by atoms with van der Waals surface area (Å²) in [5.41, 5.74) is 2.03. The van der Waals surface area contributed by atoms with Gasteiger partial charge >= 0.3 is 0 Å². The molecule has 18 heavy (non-hydrogen) atoms. The minimum atomic E-state index is -0.426. The maximum absolute atomic E-state index is 10.1. The highest BCUT2D eigenvalue weighted by atomic mass is 16.3. The summed E-state index contributed by atoms with van der Waals surface area (Å²) in [6.45, 7) is 1.77. The Balaban J connectivity index is 2.10. The lowest BCUT2D eigenvalue weighted by molar-refractivity contribution is 0.106. The largest absolute Gasteiger partial charge is 0.391 e. The van der Waals surface area contributed by atoms with E-state index in [9.17, 15) is 10.2 Å². The van der Waals surface area contributed by atoms with Crippen LogP contribution in [-0.2, 0) is 0 Å². The quantitative estimate of drug-likeness (QED) is 0.865. The average Bonchev–Trinajstić information content (AvgIpc) is 2.38. The van der Waals surface area contributed by atoms with Crippen molar-refractivity contribution >= 4 is 5.69 Å². The van der Waals surface area contributed by atoms with Crippen molar-refractivity contribution in [2.45, 2.75) is 50.9 Å². The van der Waals surface area contributed by atoms with Gasteiger partial charge in [0.1, 0.15) is 0 Å². The molecule has 100 valence electrons. The Morgan fingerprint density at radius 2 is 1.78 bits per heavy atom. The van der Waals surface area contributed by atoms with Crippen LogP contribution in [0.2, 0.25) is 0 Å². The van der Waals surface area contributed by atoms with E-state index in [1.165, 1.54) is 6.42 Å². The van der Waals surface area contributed by atoms with Gasteiger partial charge in [0.2, 0.25) is 0 Å². The molecule has 3 heteroatoms. The van der Waals surface area contributed by atoms with Gasteiger partial charge in [-0.3, -0.25) is 0 Å². The minimum absolute atomic E-state index is 0.219. The molecular formula is C15H23NO2. The molecule has 0 saturated heterocycles. The fourth-order valence-electron chi connectivity index (χ4n) is 2.72. The van der Waals surface area contributed by atoms with Gasteiger partial charge in [-0.15, -0.1) is 0 Å². The molecule has 0 aliphatic heterocycles. The highest BCUT2D eigenvalue weighted by molar-refractivity contribution is 5.48. The van der Waals surface area contributed by atoms with Crippen LogP contribution >= 0.6 is 0 Å². The van der Waals surface area contributed by atoms with E-state index in [-0.39, 0.29) is 12.1 Å². The van der Waals surface area contributed by atoms with Gasteiger partial charge in [0.15, 0.2) is 0 Å². The Kier molecular flexibility index (Phi) is 4.25. The molecule has 3 unspecified atom stereocenters. The van der Waals surface area contributed by atoms with E-state index in [0.717, 1.165) is 30.5 Å². The zero-order valence-corrected chi connectivity index (χ0v) is 11.2. The lowest BCUT2D eigenvalue weighted by Crippen LogP contribution is -2.43. The molecule has 2 N–H and O–H groups in total. The fourth-order valence-corrected chi connectivity index (χ4v) is 2.72. The maximum atomic E-state index is 10.1. The lowest BCUT2D eigenvalue weighted by Gasteiger charge is -2.36. The number of nitrogens with zero attached hydrogens (tertiary/aromatic N) is 1. The van der Waals surface area contributed by atoms with Crippen LogP contribution < -0.4 is 4.90 Å². The first-order chi connectivity index (χ1) is 8.59. The number of rotatable bonds is 3. The van der Waals surface area contributed by atoms with Crippen LogP contribution in [0.15, 0.2) is 24.3 Å². The van der Waals surface area contributed by atoms with Crippen molar-refractivity contribution in [2.75, 3.05) is 11.9 Å². The van der Waals surface area contributed by atoms with Crippen molar-refractivity contribution in [3.8, 4) is 0 Å². The molecule has 1 aromatic carbocycles. The number of likely N-dealkylation sites (N-methyl/N-ethyl adjacent to an activating group) is 1. The van der Waals surface area contributed by atoms with Gasteiger partial charge < -0.3 is 15.1 Å². The standard InChI is InChI=1S/C15H23NO2/c1-11(17)12-7-9-13(10-8-12)16(2)14-5-3-4-6-15(14)18/h7-11,14-15,17-18H,3-6H2,1-2H3. The molecule has 0 bridgehead atoms. The normalized spacial score (nSPS) is 25.8. The molecule has 3 atom stereocenters. The summed E-state index contributed by atoms with van der Waals surface area (Å²) in [6, 6.07) is 8.15. The monoisotopic (exact) mass is 249 g/mol. The van der Waals surface area contributed by atoms with Gasteiger partial charge in [-0.25, -0.2) is 0 Å². The van der Waals surface area contributed by atoms with Crippen molar-refractivity contribution in [2.24, 2.45) is 0 Å². The second kappa shape index (κ2) is 5.72. The summed E-state index contributed by atoms with van der Waals surface area (Å²) in [7, 11) is 2.04. The number of benzene rings is 1. The van der Waals surface area contributed by atoms with E-state index in [2.05, 4.69) is 4.90 Å². The third-order valence-electron chi connectivity index (χ3n) is 3.97. The number of aliphatic hydroxyl groups is 2. The molecule has 1 aromatic rings. The molecule has 1 fully saturated rings. The lowest BCUT2D eigenvalue weighted by atomic mass is 9.91. The van der Waals surface area contributed by atoms with Crippen molar-refractivity contribution in [3.63, 3.8) is 0 Å². The van der Waals surface area contributed by atoms with Gasteiger partial charge in [-0.1, -0.05) is 25.0 Å². The Bertz CT molecular complexity index is 375. The highest BCUT2D eigenvalue weighted by Crippen LogP contribution is 2.27. The second-order valence-electron chi connectivity index (χ2n) is 5.30. The van der Waals surface area contributed by atoms with Crippen molar-refractivity contribution in [1.82, 2.24) is 0 Å². The van der Waals surface area contributed by atoms with Crippen molar-refractivity contribution in [1.29, 1.82) is 0 Å². The fraction of sp³-hybridized carbons (Fsp3) is 0.600. The number of anilines is 1. The first-order valence-electron chi connectivity index (χ1n) is 6.78. The van der Waals surface area contributed by atoms with E-state index in [1.807, 2.05) is 31.3 Å². The predicted molar refractivity (Wildman–Crippen MR) is 73.7 cm³/mol. The summed E-state index contributed by atoms with van der Waals surface area (Å²) >= 11 is 0. The van der Waals surface area contributed by atoms with E-state index in [4.69, 9.17) is 0 Å². The molecular weight excluding hydrogens is 226 g/mol. The van der Waals surface area contributed by atoms with Gasteiger partial charge in [0, 0.05) is 12.7 Å². The molecule has 1 aliphatic rings. The molecule has 0 aromatic heterocycles. The maximum Gasteiger partial charge on any atom is 0.0761 e. The number of aliphatic hydroxyl groups excluding tert-OH is 2. The molecule has 1 aliphatic carbocycles. The second-order valence-corrected chi connectivity index (χ2v) is 5.30. The third kappa shape index (κ3) is 2.85. The van der Waals surface area contributed by atoms with Crippen molar-refractivity contribution in [3.05, 3.63) is 29.8 Å². The third-order valence-corrected chi connectivity index (χ3v) is 3.97. The van der Waals surface area contributed by atoms with Crippen LogP contribution in [-0.4, -0.2) is 29.4 Å². The van der Waals surface area contributed by atoms with E-state index >= 15 is 0 Å². The summed E-state index contributed by atoms with van der Waals surface area (Å²) in [5, 5.41) is 19.6. The molecule has 0 heterocycles. The van der Waals surface area contributed by atoms with Crippen LogP contribution in [0, 0.1) is 0 Å². The Labute approximate surface area is 109 Å². The first-order valence-corrected chi connectivity index (χ1v) is 6.78. The summed E-state index contributed by atoms with van der Waals surface area (Å²) < 4.78 is 0. The van der Waals surface area contributed by atoms with Crippen LogP contribution in [0.5, 0.6) is 0 Å². The van der Waals surface area contributed by atoms with Gasteiger partial charge in [-0.2, -0.15) is 0 Å². The van der Waals surface area contributed by atoms with Crippen LogP contribution in [0.3, 0.4) is 0 Å². The molecule has 0 radical (unpaired) electrons. The first kappa shape index (κ1) is 13.4. The summed E-state index contributed by atoms with van der Waals surface area (Å²) in [6.07, 6.45) is 3.63. The topological polar surface area (TPSA) is 43.7 Å². The smallest absolute Gasteiger partial charge is 0.0761 e. The molecule has 0 spiro atoms. The van der Waals surface area contributed by atoms with Crippen molar-refractivity contribution < 1.29 is 10.2 Å². The summed E-state index contributed by atoms with van der Waals surface area (Å²) in [4.78, 5) is 2.16. The zero-order valence-electron chi connectivity index (χ0n) is 11.2. The Morgan fingerprint density at radius 3 is 2.33 bits per heavy atom. The average molecular weight is 249 g/mol. The van der Waals surface area contributed by atoms with E-state index in [1.54, 1.807) is 6.92 Å². The highest BCUT2D eigenvalue weighted by Gasteiger charge is 2.26.